The van der Waals surface area contributed by atoms with Gasteiger partial charge in [-0.2, -0.15) is 0 Å². The van der Waals surface area contributed by atoms with Gasteiger partial charge in [0.15, 0.2) is 0 Å². The second kappa shape index (κ2) is 6.29. The molecule has 106 valence electrons. The van der Waals surface area contributed by atoms with Crippen molar-refractivity contribution in [2.24, 2.45) is 0 Å². The van der Waals surface area contributed by atoms with Gasteiger partial charge >= 0.3 is 0 Å². The van der Waals surface area contributed by atoms with Crippen molar-refractivity contribution < 1.29 is 0 Å². The lowest BCUT2D eigenvalue weighted by Gasteiger charge is -2.26. The Morgan fingerprint density at radius 2 is 1.80 bits per heavy atom. The molecule has 0 aromatic heterocycles. The molecule has 20 heavy (non-hydrogen) atoms. The SMILES string of the molecule is Cc1ccc(N)c(CN(C)C(C)c2ccc(Cl)cc2)c1. The average molecular weight is 289 g/mol. The first-order valence-electron chi connectivity index (χ1n) is 6.78. The zero-order valence-electron chi connectivity index (χ0n) is 12.2. The molecular formula is C17H21ClN2. The molecule has 0 spiro atoms. The van der Waals surface area contributed by atoms with E-state index in [1.807, 2.05) is 24.3 Å². The molecular weight excluding hydrogens is 268 g/mol. The Morgan fingerprint density at radius 1 is 1.15 bits per heavy atom. The minimum Gasteiger partial charge on any atom is -0.398 e. The molecule has 0 aliphatic heterocycles. The van der Waals surface area contributed by atoms with Crippen LogP contribution in [0.1, 0.15) is 29.7 Å². The summed E-state index contributed by atoms with van der Waals surface area (Å²) in [4.78, 5) is 2.29. The summed E-state index contributed by atoms with van der Waals surface area (Å²) in [6, 6.07) is 14.5. The Kier molecular flexibility index (Phi) is 4.69. The third kappa shape index (κ3) is 3.53. The second-order valence-electron chi connectivity index (χ2n) is 5.34. The van der Waals surface area contributed by atoms with Gasteiger partial charge in [0.1, 0.15) is 0 Å². The maximum Gasteiger partial charge on any atom is 0.0406 e. The van der Waals surface area contributed by atoms with E-state index >= 15 is 0 Å². The Morgan fingerprint density at radius 3 is 2.45 bits per heavy atom. The first-order valence-corrected chi connectivity index (χ1v) is 7.16. The normalized spacial score (nSPS) is 12.7. The fraction of sp³-hybridized carbons (Fsp3) is 0.294. The highest BCUT2D eigenvalue weighted by atomic mass is 35.5. The molecule has 3 heteroatoms. The molecule has 0 saturated heterocycles. The van der Waals surface area contributed by atoms with Crippen LogP contribution in [0.15, 0.2) is 42.5 Å². The van der Waals surface area contributed by atoms with Crippen LogP contribution in [0.3, 0.4) is 0 Å². The largest absolute Gasteiger partial charge is 0.398 e. The summed E-state index contributed by atoms with van der Waals surface area (Å²) >= 11 is 5.93. The van der Waals surface area contributed by atoms with E-state index in [0.29, 0.717) is 6.04 Å². The molecule has 2 N–H and O–H groups in total. The number of nitrogen functional groups attached to an aromatic ring is 1. The van der Waals surface area contributed by atoms with Crippen LogP contribution in [-0.4, -0.2) is 11.9 Å². The highest BCUT2D eigenvalue weighted by Gasteiger charge is 2.13. The van der Waals surface area contributed by atoms with Crippen molar-refractivity contribution in [1.29, 1.82) is 0 Å². The number of benzene rings is 2. The number of hydrogen-bond donors (Lipinski definition) is 1. The zero-order valence-corrected chi connectivity index (χ0v) is 13.0. The predicted octanol–water partition coefficient (Wildman–Crippen LogP) is 4.42. The maximum absolute atomic E-state index is 6.05. The van der Waals surface area contributed by atoms with Crippen molar-refractivity contribution in [2.75, 3.05) is 12.8 Å². The number of anilines is 1. The van der Waals surface area contributed by atoms with Gasteiger partial charge in [0, 0.05) is 23.3 Å². The van der Waals surface area contributed by atoms with Crippen molar-refractivity contribution in [3.8, 4) is 0 Å². The molecule has 0 aliphatic carbocycles. The topological polar surface area (TPSA) is 29.3 Å². The standard InChI is InChI=1S/C17H21ClN2/c1-12-4-9-17(19)15(10-12)11-20(3)13(2)14-5-7-16(18)8-6-14/h4-10,13H,11,19H2,1-3H3. The number of aryl methyl sites for hydroxylation is 1. The Balaban J connectivity index is 2.13. The summed E-state index contributed by atoms with van der Waals surface area (Å²) in [7, 11) is 2.11. The first kappa shape index (κ1) is 14.9. The summed E-state index contributed by atoms with van der Waals surface area (Å²) in [6.45, 7) is 5.11. The van der Waals surface area contributed by atoms with E-state index < -0.39 is 0 Å². The zero-order chi connectivity index (χ0) is 14.7. The van der Waals surface area contributed by atoms with Gasteiger partial charge in [0.05, 0.1) is 0 Å². The van der Waals surface area contributed by atoms with Gasteiger partial charge in [0.25, 0.3) is 0 Å². The van der Waals surface area contributed by atoms with Crippen molar-refractivity contribution >= 4 is 17.3 Å². The summed E-state index contributed by atoms with van der Waals surface area (Å²) in [6.07, 6.45) is 0. The van der Waals surface area contributed by atoms with E-state index in [2.05, 4.69) is 44.0 Å². The Bertz CT molecular complexity index is 578. The molecule has 1 unspecified atom stereocenters. The van der Waals surface area contributed by atoms with Crippen LogP contribution in [0.2, 0.25) is 5.02 Å². The first-order chi connectivity index (χ1) is 9.47. The van der Waals surface area contributed by atoms with Gasteiger partial charge in [-0.15, -0.1) is 0 Å². The summed E-state index contributed by atoms with van der Waals surface area (Å²) in [5.41, 5.74) is 10.6. The van der Waals surface area contributed by atoms with Crippen molar-refractivity contribution in [2.45, 2.75) is 26.4 Å². The number of hydrogen-bond acceptors (Lipinski definition) is 2. The highest BCUT2D eigenvalue weighted by Crippen LogP contribution is 2.24. The predicted molar refractivity (Wildman–Crippen MR) is 86.9 cm³/mol. The van der Waals surface area contributed by atoms with Gasteiger partial charge in [-0.3, -0.25) is 4.90 Å². The van der Waals surface area contributed by atoms with Crippen molar-refractivity contribution in [3.05, 3.63) is 64.2 Å². The minimum atomic E-state index is 0.312. The number of rotatable bonds is 4. The molecule has 0 aliphatic rings. The smallest absolute Gasteiger partial charge is 0.0406 e. The fourth-order valence-corrected chi connectivity index (χ4v) is 2.40. The molecule has 2 nitrogen and oxygen atoms in total. The summed E-state index contributed by atoms with van der Waals surface area (Å²) < 4.78 is 0. The van der Waals surface area contributed by atoms with Gasteiger partial charge in [-0.1, -0.05) is 41.4 Å². The molecule has 2 aromatic carbocycles. The van der Waals surface area contributed by atoms with E-state index in [0.717, 1.165) is 17.3 Å². The van der Waals surface area contributed by atoms with Gasteiger partial charge in [-0.05, 0) is 50.2 Å². The lowest BCUT2D eigenvalue weighted by Crippen LogP contribution is -2.22. The fourth-order valence-electron chi connectivity index (χ4n) is 2.27. The van der Waals surface area contributed by atoms with Crippen LogP contribution in [0.4, 0.5) is 5.69 Å². The van der Waals surface area contributed by atoms with Crippen LogP contribution < -0.4 is 5.73 Å². The van der Waals surface area contributed by atoms with E-state index in [1.165, 1.54) is 16.7 Å². The van der Waals surface area contributed by atoms with Crippen molar-refractivity contribution in [3.63, 3.8) is 0 Å². The van der Waals surface area contributed by atoms with Crippen molar-refractivity contribution in [1.82, 2.24) is 4.90 Å². The minimum absolute atomic E-state index is 0.312. The Hall–Kier alpha value is -1.51. The molecule has 0 amide bonds. The third-order valence-corrected chi connectivity index (χ3v) is 3.98. The van der Waals surface area contributed by atoms with Gasteiger partial charge < -0.3 is 5.73 Å². The average Bonchev–Trinajstić information content (AvgIpc) is 2.43. The maximum atomic E-state index is 6.05. The summed E-state index contributed by atoms with van der Waals surface area (Å²) in [5.74, 6) is 0. The van der Waals surface area contributed by atoms with E-state index in [1.54, 1.807) is 0 Å². The lowest BCUT2D eigenvalue weighted by molar-refractivity contribution is 0.253. The number of nitrogens with two attached hydrogens (primary N) is 1. The molecule has 0 saturated carbocycles. The molecule has 0 fully saturated rings. The van der Waals surface area contributed by atoms with E-state index in [9.17, 15) is 0 Å². The lowest BCUT2D eigenvalue weighted by atomic mass is 10.1. The van der Waals surface area contributed by atoms with E-state index in [4.69, 9.17) is 17.3 Å². The van der Waals surface area contributed by atoms with Crippen LogP contribution in [-0.2, 0) is 6.54 Å². The third-order valence-electron chi connectivity index (χ3n) is 3.73. The second-order valence-corrected chi connectivity index (χ2v) is 5.78. The van der Waals surface area contributed by atoms with Gasteiger partial charge in [0.2, 0.25) is 0 Å². The molecule has 0 radical (unpaired) electrons. The molecule has 1 atom stereocenters. The van der Waals surface area contributed by atoms with Crippen LogP contribution in [0.5, 0.6) is 0 Å². The number of nitrogens with zero attached hydrogens (tertiary/aromatic N) is 1. The molecule has 0 bridgehead atoms. The summed E-state index contributed by atoms with van der Waals surface area (Å²) in [5, 5.41) is 0.770. The highest BCUT2D eigenvalue weighted by molar-refractivity contribution is 6.30. The van der Waals surface area contributed by atoms with Crippen LogP contribution >= 0.6 is 11.6 Å². The van der Waals surface area contributed by atoms with E-state index in [-0.39, 0.29) is 0 Å². The van der Waals surface area contributed by atoms with Crippen LogP contribution in [0.25, 0.3) is 0 Å². The monoisotopic (exact) mass is 288 g/mol. The molecule has 0 heterocycles. The number of halogens is 1. The quantitative estimate of drug-likeness (QED) is 0.844. The molecule has 2 aromatic rings. The van der Waals surface area contributed by atoms with Gasteiger partial charge in [-0.25, -0.2) is 0 Å². The Labute approximate surface area is 126 Å². The molecule has 2 rings (SSSR count). The van der Waals surface area contributed by atoms with Crippen LogP contribution in [0, 0.1) is 6.92 Å².